The summed E-state index contributed by atoms with van der Waals surface area (Å²) in [6.07, 6.45) is 1.92. The minimum atomic E-state index is 0.163. The molecule has 0 radical (unpaired) electrons. The van der Waals surface area contributed by atoms with Crippen molar-refractivity contribution in [3.05, 3.63) is 71.8 Å². The van der Waals surface area contributed by atoms with Crippen molar-refractivity contribution < 1.29 is 4.79 Å². The zero-order valence-electron chi connectivity index (χ0n) is 14.0. The molecular formula is C21H25NO. The molecule has 0 aromatic heterocycles. The highest BCUT2D eigenvalue weighted by atomic mass is 16.2. The van der Waals surface area contributed by atoms with Crippen molar-refractivity contribution >= 4 is 5.91 Å². The number of benzene rings is 2. The number of carbonyl (C=O) groups excluding carboxylic acids is 1. The van der Waals surface area contributed by atoms with Gasteiger partial charge in [0.15, 0.2) is 0 Å². The molecule has 2 aromatic carbocycles. The largest absolute Gasteiger partial charge is 0.336 e. The van der Waals surface area contributed by atoms with Crippen molar-refractivity contribution in [2.75, 3.05) is 6.54 Å². The lowest BCUT2D eigenvalue weighted by atomic mass is 9.89. The lowest BCUT2D eigenvalue weighted by Gasteiger charge is -2.25. The third-order valence-corrected chi connectivity index (χ3v) is 5.11. The number of hydrogen-bond acceptors (Lipinski definition) is 1. The Morgan fingerprint density at radius 3 is 2.13 bits per heavy atom. The molecule has 3 rings (SSSR count). The van der Waals surface area contributed by atoms with Crippen LogP contribution in [0, 0.1) is 5.92 Å². The molecule has 0 saturated carbocycles. The number of rotatable bonds is 5. The Labute approximate surface area is 139 Å². The van der Waals surface area contributed by atoms with Crippen LogP contribution in [0.4, 0.5) is 0 Å². The molecule has 1 amide bonds. The number of carbonyl (C=O) groups is 1. The highest BCUT2D eigenvalue weighted by molar-refractivity contribution is 5.81. The molecule has 0 aliphatic carbocycles. The van der Waals surface area contributed by atoms with E-state index in [1.165, 1.54) is 11.1 Å². The van der Waals surface area contributed by atoms with Gasteiger partial charge in [0, 0.05) is 12.5 Å². The molecule has 1 aliphatic heterocycles. The van der Waals surface area contributed by atoms with E-state index in [0.717, 1.165) is 19.4 Å². The predicted molar refractivity (Wildman–Crippen MR) is 94.2 cm³/mol. The second-order valence-corrected chi connectivity index (χ2v) is 6.65. The molecule has 23 heavy (non-hydrogen) atoms. The third-order valence-electron chi connectivity index (χ3n) is 5.11. The van der Waals surface area contributed by atoms with Crippen LogP contribution in [0.2, 0.25) is 0 Å². The predicted octanol–water partition coefficient (Wildman–Crippen LogP) is 4.79. The van der Waals surface area contributed by atoms with Gasteiger partial charge in [0.05, 0.1) is 6.04 Å². The lowest BCUT2D eigenvalue weighted by Crippen LogP contribution is -2.30. The normalized spacial score (nSPS) is 20.5. The van der Waals surface area contributed by atoms with Gasteiger partial charge in [-0.25, -0.2) is 0 Å². The molecule has 0 N–H and O–H groups in total. The first-order chi connectivity index (χ1) is 11.2. The summed E-state index contributed by atoms with van der Waals surface area (Å²) in [4.78, 5) is 14.9. The highest BCUT2D eigenvalue weighted by Gasteiger charge is 2.35. The van der Waals surface area contributed by atoms with Gasteiger partial charge >= 0.3 is 0 Å². The van der Waals surface area contributed by atoms with Gasteiger partial charge in [-0.1, -0.05) is 67.6 Å². The molecule has 2 nitrogen and oxygen atoms in total. The van der Waals surface area contributed by atoms with Gasteiger partial charge in [-0.3, -0.25) is 4.79 Å². The summed E-state index contributed by atoms with van der Waals surface area (Å²) in [5.74, 6) is 0.914. The molecule has 0 bridgehead atoms. The van der Waals surface area contributed by atoms with E-state index in [-0.39, 0.29) is 12.0 Å². The fourth-order valence-corrected chi connectivity index (χ4v) is 3.62. The SMILES string of the molecule is C[C@H](C[C@@H]1CCN([C@@H](C)c2ccccc2)C1=O)c1ccccc1. The third kappa shape index (κ3) is 3.47. The van der Waals surface area contributed by atoms with Crippen LogP contribution >= 0.6 is 0 Å². The molecule has 1 fully saturated rings. The summed E-state index contributed by atoms with van der Waals surface area (Å²) in [6.45, 7) is 5.24. The Bertz CT molecular complexity index is 637. The number of likely N-dealkylation sites (tertiary alicyclic amines) is 1. The molecular weight excluding hydrogens is 282 g/mol. The highest BCUT2D eigenvalue weighted by Crippen LogP contribution is 2.34. The van der Waals surface area contributed by atoms with E-state index in [2.05, 4.69) is 55.1 Å². The summed E-state index contributed by atoms with van der Waals surface area (Å²) < 4.78 is 0. The summed E-state index contributed by atoms with van der Waals surface area (Å²) in [5, 5.41) is 0. The molecule has 120 valence electrons. The molecule has 1 saturated heterocycles. The summed E-state index contributed by atoms with van der Waals surface area (Å²) in [5.41, 5.74) is 2.55. The smallest absolute Gasteiger partial charge is 0.226 e. The van der Waals surface area contributed by atoms with Gasteiger partial charge in [0.2, 0.25) is 5.91 Å². The maximum absolute atomic E-state index is 12.8. The van der Waals surface area contributed by atoms with Crippen molar-refractivity contribution in [1.82, 2.24) is 4.90 Å². The van der Waals surface area contributed by atoms with Crippen LogP contribution in [0.15, 0.2) is 60.7 Å². The number of hydrogen-bond donors (Lipinski definition) is 0. The van der Waals surface area contributed by atoms with E-state index >= 15 is 0 Å². The van der Waals surface area contributed by atoms with Crippen LogP contribution in [-0.2, 0) is 4.79 Å². The van der Waals surface area contributed by atoms with E-state index in [1.54, 1.807) is 0 Å². The average molecular weight is 307 g/mol. The average Bonchev–Trinajstić information content (AvgIpc) is 2.96. The Morgan fingerprint density at radius 2 is 1.52 bits per heavy atom. The van der Waals surface area contributed by atoms with Crippen molar-refractivity contribution in [3.63, 3.8) is 0 Å². The first kappa shape index (κ1) is 15.8. The van der Waals surface area contributed by atoms with Gasteiger partial charge in [0.25, 0.3) is 0 Å². The Hall–Kier alpha value is -2.09. The second-order valence-electron chi connectivity index (χ2n) is 6.65. The van der Waals surface area contributed by atoms with Crippen LogP contribution in [-0.4, -0.2) is 17.4 Å². The van der Waals surface area contributed by atoms with E-state index in [0.29, 0.717) is 11.8 Å². The first-order valence-corrected chi connectivity index (χ1v) is 8.57. The lowest BCUT2D eigenvalue weighted by molar-refractivity contribution is -0.133. The van der Waals surface area contributed by atoms with Gasteiger partial charge in [-0.15, -0.1) is 0 Å². The van der Waals surface area contributed by atoms with Crippen LogP contribution in [0.25, 0.3) is 0 Å². The number of amides is 1. The van der Waals surface area contributed by atoms with Crippen molar-refractivity contribution in [1.29, 1.82) is 0 Å². The van der Waals surface area contributed by atoms with Gasteiger partial charge in [-0.05, 0) is 36.8 Å². The van der Waals surface area contributed by atoms with E-state index in [1.807, 2.05) is 24.3 Å². The van der Waals surface area contributed by atoms with E-state index in [4.69, 9.17) is 0 Å². The Morgan fingerprint density at radius 1 is 0.957 bits per heavy atom. The molecule has 2 aromatic rings. The first-order valence-electron chi connectivity index (χ1n) is 8.57. The molecule has 0 unspecified atom stereocenters. The molecule has 1 aliphatic rings. The van der Waals surface area contributed by atoms with Gasteiger partial charge in [-0.2, -0.15) is 0 Å². The second kappa shape index (κ2) is 6.99. The van der Waals surface area contributed by atoms with Crippen LogP contribution in [0.5, 0.6) is 0 Å². The fraction of sp³-hybridized carbons (Fsp3) is 0.381. The maximum atomic E-state index is 12.8. The minimum absolute atomic E-state index is 0.163. The van der Waals surface area contributed by atoms with Gasteiger partial charge in [0.1, 0.15) is 0 Å². The van der Waals surface area contributed by atoms with Crippen molar-refractivity contribution in [2.24, 2.45) is 5.92 Å². The van der Waals surface area contributed by atoms with Crippen molar-refractivity contribution in [3.8, 4) is 0 Å². The van der Waals surface area contributed by atoms with Crippen LogP contribution < -0.4 is 0 Å². The minimum Gasteiger partial charge on any atom is -0.336 e. The molecule has 1 heterocycles. The van der Waals surface area contributed by atoms with Crippen LogP contribution in [0.3, 0.4) is 0 Å². The summed E-state index contributed by atoms with van der Waals surface area (Å²) in [7, 11) is 0. The molecule has 2 heteroatoms. The molecule has 3 atom stereocenters. The van der Waals surface area contributed by atoms with Crippen molar-refractivity contribution in [2.45, 2.75) is 38.6 Å². The zero-order valence-corrected chi connectivity index (χ0v) is 14.0. The van der Waals surface area contributed by atoms with E-state index < -0.39 is 0 Å². The fourth-order valence-electron chi connectivity index (χ4n) is 3.62. The monoisotopic (exact) mass is 307 g/mol. The quantitative estimate of drug-likeness (QED) is 0.777. The Kier molecular flexibility index (Phi) is 4.80. The standard InChI is InChI=1S/C21H25NO/c1-16(18-9-5-3-6-10-18)15-20-13-14-22(21(20)23)17(2)19-11-7-4-8-12-19/h3-12,16-17,20H,13-15H2,1-2H3/t16-,17+,20+/m1/s1. The summed E-state index contributed by atoms with van der Waals surface area (Å²) in [6, 6.07) is 21.0. The summed E-state index contributed by atoms with van der Waals surface area (Å²) >= 11 is 0. The number of nitrogens with zero attached hydrogens (tertiary/aromatic N) is 1. The topological polar surface area (TPSA) is 20.3 Å². The van der Waals surface area contributed by atoms with E-state index in [9.17, 15) is 4.79 Å². The maximum Gasteiger partial charge on any atom is 0.226 e. The molecule has 0 spiro atoms. The Balaban J connectivity index is 1.65. The zero-order chi connectivity index (χ0) is 16.2. The van der Waals surface area contributed by atoms with Gasteiger partial charge < -0.3 is 4.90 Å². The van der Waals surface area contributed by atoms with Crippen LogP contribution in [0.1, 0.15) is 49.8 Å².